The number of benzene rings is 12. The van der Waals surface area contributed by atoms with Gasteiger partial charge in [0.15, 0.2) is 0 Å². The monoisotopic (exact) mass is 1930 g/mol. The third kappa shape index (κ3) is 48.6. The topological polar surface area (TPSA) is 397 Å². The van der Waals surface area contributed by atoms with Crippen molar-refractivity contribution in [1.29, 1.82) is 0 Å². The van der Waals surface area contributed by atoms with E-state index in [0.29, 0.717) is 0 Å². The van der Waals surface area contributed by atoms with Crippen LogP contribution in [0.5, 0.6) is 0 Å². The second-order valence-electron chi connectivity index (χ2n) is 28.5. The van der Waals surface area contributed by atoms with Gasteiger partial charge in [0.05, 0.1) is 0 Å². The standard InChI is InChI=1S/12C9H7N.6BFH2O2/c12*1-2-4-9-7-10-6-5-8(9)3-1;6*2-1(3)4/h12*1-7H;6*3-4H. The van der Waals surface area contributed by atoms with Crippen molar-refractivity contribution in [2.24, 2.45) is 0 Å². The second-order valence-corrected chi connectivity index (χ2v) is 28.5. The van der Waals surface area contributed by atoms with Gasteiger partial charge in [0.2, 0.25) is 0 Å². The molecule has 36 heteroatoms. The molecule has 24 nitrogen and oxygen atoms in total. The molecule has 24 aromatic rings. The summed E-state index contributed by atoms with van der Waals surface area (Å²) >= 11 is 0. The van der Waals surface area contributed by atoms with Gasteiger partial charge in [0, 0.05) is 149 Å². The maximum absolute atomic E-state index is 10.1. The fourth-order valence-corrected chi connectivity index (χ4v) is 12.3. The van der Waals surface area contributed by atoms with Crippen LogP contribution >= 0.6 is 0 Å². The highest BCUT2D eigenvalue weighted by molar-refractivity contribution is 6.32. The fraction of sp³-hybridized carbons (Fsp3) is 0. The van der Waals surface area contributed by atoms with E-state index in [1.807, 2.05) is 367 Å². The summed E-state index contributed by atoms with van der Waals surface area (Å²) in [4.78, 5) is 48.2. The third-order valence-electron chi connectivity index (χ3n) is 18.6. The average Bonchev–Trinajstić information content (AvgIpc) is 0.953. The highest BCUT2D eigenvalue weighted by Crippen LogP contribution is 2.19. The fourth-order valence-electron chi connectivity index (χ4n) is 12.3. The molecule has 0 spiro atoms. The van der Waals surface area contributed by atoms with Crippen LogP contribution in [-0.2, 0) is 0 Å². The summed E-state index contributed by atoms with van der Waals surface area (Å²) in [6.07, 6.45) is 44.1. The van der Waals surface area contributed by atoms with E-state index >= 15 is 0 Å². The van der Waals surface area contributed by atoms with E-state index in [1.54, 1.807) is 0 Å². The Balaban J connectivity index is 0.000000209. The lowest BCUT2D eigenvalue weighted by Crippen LogP contribution is -1.98. The molecule has 0 aliphatic carbocycles. The first-order chi connectivity index (χ1) is 70.0. The predicted octanol–water partition coefficient (Wildman–Crippen LogP) is 20.4. The molecule has 0 fully saturated rings. The van der Waals surface area contributed by atoms with Crippen LogP contribution in [0.1, 0.15) is 0 Å². The van der Waals surface area contributed by atoms with E-state index in [0.717, 1.165) is 0 Å². The van der Waals surface area contributed by atoms with Crippen LogP contribution < -0.4 is 0 Å². The molecule has 0 bridgehead atoms. The van der Waals surface area contributed by atoms with Crippen molar-refractivity contribution < 1.29 is 86.2 Å². The van der Waals surface area contributed by atoms with Crippen LogP contribution in [0.3, 0.4) is 0 Å². The first-order valence-corrected chi connectivity index (χ1v) is 43.5. The maximum atomic E-state index is 10.1. The van der Waals surface area contributed by atoms with Gasteiger partial charge >= 0.3 is 44.4 Å². The van der Waals surface area contributed by atoms with Crippen LogP contribution in [0, 0.1) is 0 Å². The van der Waals surface area contributed by atoms with Crippen LogP contribution in [0.2, 0.25) is 0 Å². The predicted molar refractivity (Wildman–Crippen MR) is 569 cm³/mol. The molecule has 0 atom stereocenters. The summed E-state index contributed by atoms with van der Waals surface area (Å²) in [5, 5.41) is 113. The Morgan fingerprint density at radius 1 is 0.104 bits per heavy atom. The Morgan fingerprint density at radius 3 is 0.215 bits per heavy atom. The minimum Gasteiger partial charge on any atom is -0.398 e. The van der Waals surface area contributed by atoms with Crippen molar-refractivity contribution in [2.45, 2.75) is 0 Å². The smallest absolute Gasteiger partial charge is 0.398 e. The van der Waals surface area contributed by atoms with E-state index in [4.69, 9.17) is 60.3 Å². The summed E-state index contributed by atoms with van der Waals surface area (Å²) < 4.78 is 60.7. The van der Waals surface area contributed by atoms with Crippen LogP contribution in [0.4, 0.5) is 25.9 Å². The average molecular weight is 1930 g/mol. The molecule has 144 heavy (non-hydrogen) atoms. The first-order valence-electron chi connectivity index (χ1n) is 43.5. The molecule has 24 rings (SSSR count). The minimum absolute atomic E-state index is 1.20. The molecule has 12 aromatic carbocycles. The minimum atomic E-state index is -2.67. The van der Waals surface area contributed by atoms with Crippen molar-refractivity contribution in [3.05, 3.63) is 513 Å². The molecule has 0 aliphatic rings. The van der Waals surface area contributed by atoms with Crippen molar-refractivity contribution in [2.75, 3.05) is 0 Å². The number of nitrogens with zero attached hydrogens (tertiary/aromatic N) is 12. The van der Waals surface area contributed by atoms with E-state index in [2.05, 4.69) is 205 Å². The maximum Gasteiger partial charge on any atom is 0.674 e. The van der Waals surface area contributed by atoms with Crippen molar-refractivity contribution >= 4 is 174 Å². The molecule has 0 saturated carbocycles. The van der Waals surface area contributed by atoms with E-state index < -0.39 is 44.4 Å². The SMILES string of the molecule is OB(O)F.OB(O)F.OB(O)F.OB(O)F.OB(O)F.OB(O)F.c1ccc2cnccc2c1.c1ccc2cnccc2c1.c1ccc2cnccc2c1.c1ccc2cnccc2c1.c1ccc2cnccc2c1.c1ccc2cnccc2c1.c1ccc2cnccc2c1.c1ccc2cnccc2c1.c1ccc2cnccc2c1.c1ccc2cnccc2c1.c1ccc2cnccc2c1.c1ccc2cnccc2c1. The number of fused-ring (bicyclic) bond motifs is 12. The van der Waals surface area contributed by atoms with Crippen molar-refractivity contribution in [3.8, 4) is 0 Å². The zero-order valence-corrected chi connectivity index (χ0v) is 77.0. The summed E-state index contributed by atoms with van der Waals surface area (Å²) in [6.45, 7) is 0. The molecule has 12 heterocycles. The number of aromatic nitrogens is 12. The van der Waals surface area contributed by atoms with Gasteiger partial charge in [-0.1, -0.05) is 291 Å². The lowest BCUT2D eigenvalue weighted by molar-refractivity contribution is 0.338. The summed E-state index contributed by atoms with van der Waals surface area (Å²) in [6, 6.07) is 122. The molecule has 12 N–H and O–H groups in total. The van der Waals surface area contributed by atoms with E-state index in [9.17, 15) is 25.9 Å². The lowest BCUT2D eigenvalue weighted by Gasteiger charge is -1.91. The molecule has 0 unspecified atom stereocenters. The van der Waals surface area contributed by atoms with E-state index in [-0.39, 0.29) is 0 Å². The summed E-state index contributed by atoms with van der Waals surface area (Å²) in [7, 11) is -16.0. The Hall–Kier alpha value is -17.0. The number of hydrogen-bond acceptors (Lipinski definition) is 24. The molecular formula is C108H96B6F6N12O12. The van der Waals surface area contributed by atoms with Crippen LogP contribution in [0.15, 0.2) is 513 Å². The quantitative estimate of drug-likeness (QED) is 0.0495. The van der Waals surface area contributed by atoms with Gasteiger partial charge in [-0.25, -0.2) is 0 Å². The Labute approximate surface area is 827 Å². The Kier molecular flexibility index (Phi) is 54.6. The van der Waals surface area contributed by atoms with Crippen LogP contribution in [-0.4, -0.2) is 164 Å². The highest BCUT2D eigenvalue weighted by Gasteiger charge is 2.02. The highest BCUT2D eigenvalue weighted by atomic mass is 19.1. The van der Waals surface area contributed by atoms with Gasteiger partial charge in [-0.05, 0) is 202 Å². The second kappa shape index (κ2) is 69.0. The molecule has 0 radical (unpaired) electrons. The Bertz CT molecular complexity index is 5260. The molecule has 0 aliphatic heterocycles. The van der Waals surface area contributed by atoms with Gasteiger partial charge in [-0.3, -0.25) is 85.7 Å². The van der Waals surface area contributed by atoms with Gasteiger partial charge < -0.3 is 60.3 Å². The summed E-state index contributed by atoms with van der Waals surface area (Å²) in [5.74, 6) is 0. The zero-order valence-electron chi connectivity index (χ0n) is 77.0. The lowest BCUT2D eigenvalue weighted by atomic mass is 10.2. The zero-order chi connectivity index (χ0) is 103. The third-order valence-corrected chi connectivity index (χ3v) is 18.6. The molecule has 0 amide bonds. The Morgan fingerprint density at radius 2 is 0.160 bits per heavy atom. The van der Waals surface area contributed by atoms with Gasteiger partial charge in [-0.2, -0.15) is 0 Å². The molecule has 720 valence electrons. The summed E-state index contributed by atoms with van der Waals surface area (Å²) in [5.41, 5.74) is 0. The molecular weight excluding hydrogens is 1840 g/mol. The van der Waals surface area contributed by atoms with Gasteiger partial charge in [0.1, 0.15) is 0 Å². The van der Waals surface area contributed by atoms with E-state index in [1.165, 1.54) is 129 Å². The van der Waals surface area contributed by atoms with Crippen LogP contribution in [0.25, 0.3) is 129 Å². The van der Waals surface area contributed by atoms with Gasteiger partial charge in [0.25, 0.3) is 0 Å². The number of pyridine rings is 12. The molecule has 12 aromatic heterocycles. The number of rotatable bonds is 0. The normalized spacial score (nSPS) is 9.46. The van der Waals surface area contributed by atoms with Crippen molar-refractivity contribution in [1.82, 2.24) is 59.8 Å². The number of hydrogen-bond donors (Lipinski definition) is 12. The van der Waals surface area contributed by atoms with Crippen molar-refractivity contribution in [3.63, 3.8) is 0 Å². The largest absolute Gasteiger partial charge is 0.674 e. The van der Waals surface area contributed by atoms with Gasteiger partial charge in [-0.15, -0.1) is 0 Å². The molecule has 0 saturated heterocycles. The number of halogens is 6. The first kappa shape index (κ1) is 114.